The molecule has 1 aromatic rings. The van der Waals surface area contributed by atoms with Gasteiger partial charge in [0.2, 0.25) is 10.0 Å². The van der Waals surface area contributed by atoms with Crippen LogP contribution in [-0.4, -0.2) is 40.3 Å². The van der Waals surface area contributed by atoms with Gasteiger partial charge in [-0.25, -0.2) is 23.1 Å². The molecule has 0 saturated carbocycles. The van der Waals surface area contributed by atoms with E-state index in [1.165, 1.54) is 7.11 Å². The Morgan fingerprint density at radius 1 is 1.21 bits per heavy atom. The van der Waals surface area contributed by atoms with Crippen molar-refractivity contribution in [1.82, 2.24) is 0 Å². The van der Waals surface area contributed by atoms with Crippen LogP contribution in [0.1, 0.15) is 10.4 Å². The Kier molecular flexibility index (Phi) is 7.39. The predicted molar refractivity (Wildman–Crippen MR) is 67.8 cm³/mol. The number of esters is 2. The first-order chi connectivity index (χ1) is 8.74. The van der Waals surface area contributed by atoms with Crippen LogP contribution in [0.4, 0.5) is 0 Å². The molecule has 19 heavy (non-hydrogen) atoms. The zero-order chi connectivity index (χ0) is 14.9. The van der Waals surface area contributed by atoms with E-state index in [9.17, 15) is 18.0 Å². The average molecular weight is 289 g/mol. The van der Waals surface area contributed by atoms with Crippen LogP contribution in [0, 0.1) is 0 Å². The van der Waals surface area contributed by atoms with Gasteiger partial charge in [-0.05, 0) is 12.1 Å². The molecule has 0 aliphatic heterocycles. The number of hydrogen-bond donors (Lipinski definition) is 1. The van der Waals surface area contributed by atoms with Gasteiger partial charge in [0.25, 0.3) is 0 Å². The molecule has 0 aliphatic rings. The van der Waals surface area contributed by atoms with E-state index in [4.69, 9.17) is 0 Å². The Hall–Kier alpha value is -1.93. The van der Waals surface area contributed by atoms with E-state index in [0.717, 1.165) is 6.26 Å². The van der Waals surface area contributed by atoms with Gasteiger partial charge in [-0.3, -0.25) is 0 Å². The van der Waals surface area contributed by atoms with Crippen LogP contribution in [0.15, 0.2) is 30.3 Å². The zero-order valence-electron chi connectivity index (χ0n) is 10.5. The third-order valence-electron chi connectivity index (χ3n) is 1.56. The predicted octanol–water partition coefficient (Wildman–Crippen LogP) is -0.0789. The topological polar surface area (TPSA) is 113 Å². The van der Waals surface area contributed by atoms with Gasteiger partial charge in [0.1, 0.15) is 0 Å². The van der Waals surface area contributed by atoms with E-state index < -0.39 is 22.0 Å². The summed E-state index contributed by atoms with van der Waals surface area (Å²) in [6, 6.07) is 8.44. The minimum atomic E-state index is -3.17. The van der Waals surface area contributed by atoms with Crippen LogP contribution in [0.5, 0.6) is 0 Å². The highest BCUT2D eigenvalue weighted by molar-refractivity contribution is 7.88. The summed E-state index contributed by atoms with van der Waals surface area (Å²) >= 11 is 0. The van der Waals surface area contributed by atoms with E-state index in [-0.39, 0.29) is 6.61 Å². The molecule has 0 saturated heterocycles. The van der Waals surface area contributed by atoms with Crippen LogP contribution >= 0.6 is 0 Å². The third kappa shape index (κ3) is 10.9. The molecule has 0 fully saturated rings. The van der Waals surface area contributed by atoms with E-state index in [1.807, 2.05) is 0 Å². The normalized spacial score (nSPS) is 9.84. The zero-order valence-corrected chi connectivity index (χ0v) is 11.3. The van der Waals surface area contributed by atoms with Crippen LogP contribution in [0.3, 0.4) is 0 Å². The van der Waals surface area contributed by atoms with E-state index in [1.54, 1.807) is 30.3 Å². The molecule has 0 bridgehead atoms. The minimum absolute atomic E-state index is 0.357. The van der Waals surface area contributed by atoms with E-state index in [0.29, 0.717) is 5.56 Å². The lowest BCUT2D eigenvalue weighted by molar-refractivity contribution is -0.144. The van der Waals surface area contributed by atoms with Crippen molar-refractivity contribution in [3.8, 4) is 0 Å². The summed E-state index contributed by atoms with van der Waals surface area (Å²) in [6.07, 6.45) is 0.938. The Morgan fingerprint density at radius 2 is 1.68 bits per heavy atom. The lowest BCUT2D eigenvalue weighted by Crippen LogP contribution is -2.14. The fraction of sp³-hybridized carbons (Fsp3) is 0.273. The van der Waals surface area contributed by atoms with Crippen molar-refractivity contribution in [2.24, 2.45) is 5.14 Å². The number of ether oxygens (including phenoxy) is 2. The van der Waals surface area contributed by atoms with Gasteiger partial charge >= 0.3 is 11.9 Å². The molecule has 2 N–H and O–H groups in total. The minimum Gasteiger partial charge on any atom is -0.466 e. The molecule has 106 valence electrons. The number of nitrogens with two attached hydrogens (primary N) is 1. The first kappa shape index (κ1) is 17.1. The Labute approximate surface area is 111 Å². The largest absolute Gasteiger partial charge is 0.466 e. The fourth-order valence-electron chi connectivity index (χ4n) is 0.841. The quantitative estimate of drug-likeness (QED) is 0.779. The van der Waals surface area contributed by atoms with Gasteiger partial charge in [-0.15, -0.1) is 0 Å². The second kappa shape index (κ2) is 8.22. The van der Waals surface area contributed by atoms with Crippen molar-refractivity contribution in [1.29, 1.82) is 0 Å². The number of benzene rings is 1. The fourth-order valence-corrected chi connectivity index (χ4v) is 0.841. The number of methoxy groups -OCH3 is 1. The van der Waals surface area contributed by atoms with Gasteiger partial charge in [-0.1, -0.05) is 18.2 Å². The second-order valence-corrected chi connectivity index (χ2v) is 5.01. The van der Waals surface area contributed by atoms with Crippen LogP contribution in [0.2, 0.25) is 0 Å². The highest BCUT2D eigenvalue weighted by atomic mass is 32.2. The first-order valence-corrected chi connectivity index (χ1v) is 6.96. The van der Waals surface area contributed by atoms with Gasteiger partial charge in [0.15, 0.2) is 6.61 Å². The van der Waals surface area contributed by atoms with Crippen molar-refractivity contribution >= 4 is 22.0 Å². The Morgan fingerprint density at radius 3 is 2.11 bits per heavy atom. The van der Waals surface area contributed by atoms with Crippen molar-refractivity contribution < 1.29 is 27.5 Å². The molecule has 8 heteroatoms. The van der Waals surface area contributed by atoms with Crippen molar-refractivity contribution in [2.45, 2.75) is 0 Å². The van der Waals surface area contributed by atoms with Crippen LogP contribution in [0.25, 0.3) is 0 Å². The molecule has 1 aromatic carbocycles. The standard InChI is InChI=1S/C10H10O4.CH5NO2S/c1-13-9(11)7-14-10(12)8-5-3-2-4-6-8;1-5(2,3)4/h2-6H,7H2,1H3;1H3,(H2,2,3,4). The maximum Gasteiger partial charge on any atom is 0.344 e. The smallest absolute Gasteiger partial charge is 0.344 e. The molecule has 0 unspecified atom stereocenters. The summed E-state index contributed by atoms with van der Waals surface area (Å²) in [4.78, 5) is 21.9. The maximum absolute atomic E-state index is 11.2. The first-order valence-electron chi connectivity index (χ1n) is 5.00. The summed E-state index contributed by atoms with van der Waals surface area (Å²) in [5.74, 6) is -1.11. The summed E-state index contributed by atoms with van der Waals surface area (Å²) in [6.45, 7) is -0.357. The van der Waals surface area contributed by atoms with E-state index >= 15 is 0 Å². The SMILES string of the molecule is COC(=O)COC(=O)c1ccccc1.CS(N)(=O)=O. The molecule has 0 atom stereocenters. The number of hydrogen-bond acceptors (Lipinski definition) is 6. The van der Waals surface area contributed by atoms with E-state index in [2.05, 4.69) is 14.6 Å². The summed E-state index contributed by atoms with van der Waals surface area (Å²) in [5.41, 5.74) is 0.413. The number of sulfonamides is 1. The van der Waals surface area contributed by atoms with Crippen molar-refractivity contribution in [3.05, 3.63) is 35.9 Å². The number of primary sulfonamides is 1. The highest BCUT2D eigenvalue weighted by Gasteiger charge is 2.08. The van der Waals surface area contributed by atoms with Gasteiger partial charge in [0.05, 0.1) is 18.9 Å². The number of carbonyl (C=O) groups excluding carboxylic acids is 2. The molecule has 0 radical (unpaired) electrons. The van der Waals surface area contributed by atoms with Crippen molar-refractivity contribution in [3.63, 3.8) is 0 Å². The molecule has 0 aliphatic carbocycles. The maximum atomic E-state index is 11.2. The number of carbonyl (C=O) groups is 2. The van der Waals surface area contributed by atoms with Gasteiger partial charge in [-0.2, -0.15) is 0 Å². The molecule has 0 heterocycles. The van der Waals surface area contributed by atoms with Crippen LogP contribution in [-0.2, 0) is 24.3 Å². The van der Waals surface area contributed by atoms with Crippen molar-refractivity contribution in [2.75, 3.05) is 20.0 Å². The summed E-state index contributed by atoms with van der Waals surface area (Å²) in [5, 5.41) is 4.33. The average Bonchev–Trinajstić information content (AvgIpc) is 2.34. The molecule has 7 nitrogen and oxygen atoms in total. The Balaban J connectivity index is 0.000000555. The molecule has 0 amide bonds. The lowest BCUT2D eigenvalue weighted by atomic mass is 10.2. The molecule has 0 spiro atoms. The summed E-state index contributed by atoms with van der Waals surface area (Å²) in [7, 11) is -1.93. The number of rotatable bonds is 3. The molecule has 0 aromatic heterocycles. The third-order valence-corrected chi connectivity index (χ3v) is 1.56. The van der Waals surface area contributed by atoms with Crippen LogP contribution < -0.4 is 5.14 Å². The lowest BCUT2D eigenvalue weighted by Gasteiger charge is -2.02. The highest BCUT2D eigenvalue weighted by Crippen LogP contribution is 2.00. The molecular formula is C11H15NO6S. The second-order valence-electron chi connectivity index (χ2n) is 3.35. The van der Waals surface area contributed by atoms with Gasteiger partial charge < -0.3 is 9.47 Å². The summed E-state index contributed by atoms with van der Waals surface area (Å²) < 4.78 is 27.8. The Bertz CT molecular complexity index is 503. The molecular weight excluding hydrogens is 274 g/mol. The monoisotopic (exact) mass is 289 g/mol. The molecule has 1 rings (SSSR count). The van der Waals surface area contributed by atoms with Gasteiger partial charge in [0, 0.05) is 0 Å².